The number of urea groups is 1. The predicted octanol–water partition coefficient (Wildman–Crippen LogP) is 2.63. The van der Waals surface area contributed by atoms with Gasteiger partial charge in [-0.05, 0) is 54.4 Å². The summed E-state index contributed by atoms with van der Waals surface area (Å²) >= 11 is 0. The van der Waals surface area contributed by atoms with Crippen LogP contribution in [0.1, 0.15) is 54.4 Å². The van der Waals surface area contributed by atoms with Crippen LogP contribution in [-0.4, -0.2) is 79.9 Å². The van der Waals surface area contributed by atoms with Crippen LogP contribution in [0.4, 0.5) is 19.2 Å². The van der Waals surface area contributed by atoms with Crippen molar-refractivity contribution in [3.05, 3.63) is 0 Å². The van der Waals surface area contributed by atoms with Crippen LogP contribution in [0.15, 0.2) is 0 Å². The summed E-state index contributed by atoms with van der Waals surface area (Å²) in [6.45, 7) is 9.33. The lowest BCUT2D eigenvalue weighted by Gasteiger charge is -2.40. The van der Waals surface area contributed by atoms with Crippen LogP contribution in [0.2, 0.25) is 0 Å². The molecule has 0 atom stereocenters. The molecule has 2 aliphatic heterocycles. The number of hydrogen-bond donors (Lipinski definition) is 1. The molecule has 1 N–H and O–H groups in total. The van der Waals surface area contributed by atoms with E-state index < -0.39 is 47.0 Å². The molecule has 0 aromatic heterocycles. The number of carboxylic acid groups (broad SMARTS) is 1. The fourth-order valence-corrected chi connectivity index (χ4v) is 3.21. The third-order valence-electron chi connectivity index (χ3n) is 4.43. The number of ether oxygens (including phenoxy) is 2. The zero-order chi connectivity index (χ0) is 22.4. The number of nitrogens with zero attached hydrogens (tertiary/aromatic N) is 3. The van der Waals surface area contributed by atoms with E-state index in [1.165, 1.54) is 0 Å². The molecule has 0 aromatic rings. The molecular weight excluding hydrogens is 386 g/mol. The Bertz CT molecular complexity index is 741. The number of carbonyl (C=O) groups is 5. The zero-order valence-corrected chi connectivity index (χ0v) is 17.5. The lowest BCUT2D eigenvalue weighted by molar-refractivity contribution is -0.134. The van der Waals surface area contributed by atoms with Crippen molar-refractivity contribution >= 4 is 30.2 Å². The Morgan fingerprint density at radius 3 is 1.76 bits per heavy atom. The lowest BCUT2D eigenvalue weighted by Crippen LogP contribution is -2.59. The van der Waals surface area contributed by atoms with E-state index in [1.54, 1.807) is 41.5 Å². The van der Waals surface area contributed by atoms with E-state index in [1.807, 2.05) is 0 Å². The van der Waals surface area contributed by atoms with Gasteiger partial charge in [0.25, 0.3) is 5.91 Å². The minimum atomic E-state index is -1.71. The Morgan fingerprint density at radius 2 is 1.34 bits per heavy atom. The van der Waals surface area contributed by atoms with Gasteiger partial charge in [0.1, 0.15) is 16.7 Å². The minimum Gasteiger partial charge on any atom is -0.465 e. The van der Waals surface area contributed by atoms with Gasteiger partial charge in [-0.25, -0.2) is 24.1 Å². The van der Waals surface area contributed by atoms with E-state index in [2.05, 4.69) is 0 Å². The van der Waals surface area contributed by atoms with Crippen molar-refractivity contribution in [3.8, 4) is 0 Å². The Morgan fingerprint density at radius 1 is 0.897 bits per heavy atom. The summed E-state index contributed by atoms with van der Waals surface area (Å²) in [5.41, 5.74) is -3.64. The number of piperidine rings is 1. The highest BCUT2D eigenvalue weighted by molar-refractivity contribution is 6.20. The molecule has 0 bridgehead atoms. The van der Waals surface area contributed by atoms with Gasteiger partial charge >= 0.3 is 24.3 Å². The Labute approximate surface area is 168 Å². The lowest BCUT2D eigenvalue weighted by atomic mass is 9.86. The van der Waals surface area contributed by atoms with Crippen molar-refractivity contribution in [2.75, 3.05) is 13.1 Å². The van der Waals surface area contributed by atoms with Crippen molar-refractivity contribution in [1.29, 1.82) is 0 Å². The molecule has 2 heterocycles. The average molecular weight is 413 g/mol. The summed E-state index contributed by atoms with van der Waals surface area (Å²) in [6, 6.07) is -1.16. The molecular formula is C18H27N3O8. The van der Waals surface area contributed by atoms with Crippen molar-refractivity contribution in [2.24, 2.45) is 0 Å². The Kier molecular flexibility index (Phi) is 5.57. The minimum absolute atomic E-state index is 0.0875. The highest BCUT2D eigenvalue weighted by Crippen LogP contribution is 2.39. The molecule has 0 unspecified atom stereocenters. The van der Waals surface area contributed by atoms with E-state index in [0.29, 0.717) is 9.80 Å². The monoisotopic (exact) mass is 413 g/mol. The molecule has 2 aliphatic rings. The maximum absolute atomic E-state index is 13.2. The van der Waals surface area contributed by atoms with Gasteiger partial charge in [-0.1, -0.05) is 0 Å². The molecule has 1 spiro atoms. The Hall–Kier alpha value is -2.85. The molecule has 11 nitrogen and oxygen atoms in total. The average Bonchev–Trinajstić information content (AvgIpc) is 2.72. The van der Waals surface area contributed by atoms with E-state index in [9.17, 15) is 24.0 Å². The third kappa shape index (κ3) is 4.43. The fraction of sp³-hybridized carbons (Fsp3) is 0.722. The fourth-order valence-electron chi connectivity index (χ4n) is 3.21. The SMILES string of the molecule is CC(C)(C)OC(=O)N1C(=O)N(C(=O)OC(C)(C)C)C2(CCN(C(=O)O)CC2)C1=O. The van der Waals surface area contributed by atoms with Crippen molar-refractivity contribution < 1.29 is 38.6 Å². The number of amides is 6. The van der Waals surface area contributed by atoms with Crippen LogP contribution >= 0.6 is 0 Å². The number of rotatable bonds is 0. The van der Waals surface area contributed by atoms with Crippen LogP contribution < -0.4 is 0 Å². The van der Waals surface area contributed by atoms with Crippen molar-refractivity contribution in [3.63, 3.8) is 0 Å². The summed E-state index contributed by atoms with van der Waals surface area (Å²) in [6.07, 6.45) is -3.75. The van der Waals surface area contributed by atoms with E-state index >= 15 is 0 Å². The molecule has 2 fully saturated rings. The smallest absolute Gasteiger partial charge is 0.425 e. The van der Waals surface area contributed by atoms with E-state index in [-0.39, 0.29) is 25.9 Å². The maximum atomic E-state index is 13.2. The number of likely N-dealkylation sites (tertiary alicyclic amines) is 1. The maximum Gasteiger partial charge on any atom is 0.425 e. The third-order valence-corrected chi connectivity index (χ3v) is 4.43. The van der Waals surface area contributed by atoms with Gasteiger partial charge in [0.15, 0.2) is 0 Å². The van der Waals surface area contributed by atoms with Gasteiger partial charge < -0.3 is 19.5 Å². The highest BCUT2D eigenvalue weighted by Gasteiger charge is 2.64. The largest absolute Gasteiger partial charge is 0.465 e. The molecule has 29 heavy (non-hydrogen) atoms. The molecule has 2 saturated heterocycles. The zero-order valence-electron chi connectivity index (χ0n) is 17.5. The highest BCUT2D eigenvalue weighted by atomic mass is 16.6. The summed E-state index contributed by atoms with van der Waals surface area (Å²) in [4.78, 5) is 64.6. The second-order valence-electron chi connectivity index (χ2n) is 9.02. The summed E-state index contributed by atoms with van der Waals surface area (Å²) < 4.78 is 10.4. The van der Waals surface area contributed by atoms with Crippen molar-refractivity contribution in [1.82, 2.24) is 14.7 Å². The first kappa shape index (κ1) is 22.4. The van der Waals surface area contributed by atoms with Crippen LogP contribution in [0.3, 0.4) is 0 Å². The summed E-state index contributed by atoms with van der Waals surface area (Å²) in [5.74, 6) is -0.923. The van der Waals surface area contributed by atoms with Crippen LogP contribution in [0, 0.1) is 0 Å². The molecule has 0 aromatic carbocycles. The van der Waals surface area contributed by atoms with Crippen LogP contribution in [0.25, 0.3) is 0 Å². The van der Waals surface area contributed by atoms with Gasteiger partial charge in [-0.15, -0.1) is 0 Å². The normalized spacial score (nSPS) is 19.6. The number of carbonyl (C=O) groups excluding carboxylic acids is 4. The molecule has 2 rings (SSSR count). The van der Waals surface area contributed by atoms with Gasteiger partial charge in [0.05, 0.1) is 0 Å². The van der Waals surface area contributed by atoms with Gasteiger partial charge in [0, 0.05) is 13.1 Å². The summed E-state index contributed by atoms with van der Waals surface area (Å²) in [7, 11) is 0. The molecule has 162 valence electrons. The van der Waals surface area contributed by atoms with Gasteiger partial charge in [-0.2, -0.15) is 4.90 Å². The summed E-state index contributed by atoms with van der Waals surface area (Å²) in [5, 5.41) is 9.17. The number of imide groups is 4. The number of hydrogen-bond acceptors (Lipinski definition) is 7. The first-order valence-corrected chi connectivity index (χ1v) is 9.22. The topological polar surface area (TPSA) is 134 Å². The molecule has 11 heteroatoms. The predicted molar refractivity (Wildman–Crippen MR) is 98.1 cm³/mol. The molecule has 6 amide bonds. The van der Waals surface area contributed by atoms with Crippen LogP contribution in [0.5, 0.6) is 0 Å². The van der Waals surface area contributed by atoms with Gasteiger partial charge in [-0.3, -0.25) is 4.79 Å². The van der Waals surface area contributed by atoms with E-state index in [4.69, 9.17) is 14.6 Å². The second-order valence-corrected chi connectivity index (χ2v) is 9.02. The standard InChI is InChI=1S/C18H27N3O8/c1-16(2,3)28-14(26)20-11(22)18(7-9-19(10-8-18)13(24)25)21(12(20)23)15(27)29-17(4,5)6/h7-10H2,1-6H3,(H,24,25). The van der Waals surface area contributed by atoms with Crippen molar-refractivity contribution in [2.45, 2.75) is 71.1 Å². The van der Waals surface area contributed by atoms with Crippen LogP contribution in [-0.2, 0) is 14.3 Å². The first-order valence-electron chi connectivity index (χ1n) is 9.22. The molecule has 0 saturated carbocycles. The molecule has 0 radical (unpaired) electrons. The van der Waals surface area contributed by atoms with Gasteiger partial charge in [0.2, 0.25) is 0 Å². The second kappa shape index (κ2) is 7.20. The van der Waals surface area contributed by atoms with E-state index in [0.717, 1.165) is 4.90 Å². The molecule has 0 aliphatic carbocycles. The quantitative estimate of drug-likeness (QED) is 0.599. The first-order chi connectivity index (χ1) is 13.1. The Balaban J connectivity index is 2.43.